The smallest absolute Gasteiger partial charge is 0.321 e. The number of nitrogens with one attached hydrogen (secondary N) is 1. The fourth-order valence-electron chi connectivity index (χ4n) is 3.58. The molecule has 158 valence electrons. The first kappa shape index (κ1) is 23.0. The highest BCUT2D eigenvalue weighted by Gasteiger charge is 2.13. The van der Waals surface area contributed by atoms with Crippen LogP contribution in [0.4, 0.5) is 10.5 Å². The molecule has 2 aromatic rings. The summed E-state index contributed by atoms with van der Waals surface area (Å²) in [6, 6.07) is 20.4. The lowest BCUT2D eigenvalue weighted by atomic mass is 10.1. The van der Waals surface area contributed by atoms with Gasteiger partial charge < -0.3 is 10.2 Å². The Bertz CT molecular complexity index is 657. The molecule has 3 nitrogen and oxygen atoms in total. The molecule has 0 fully saturated rings. The second-order valence-electron chi connectivity index (χ2n) is 7.85. The lowest BCUT2D eigenvalue weighted by molar-refractivity contribution is 0.209. The molecule has 0 bridgehead atoms. The van der Waals surface area contributed by atoms with Crippen molar-refractivity contribution in [3.8, 4) is 0 Å². The molecule has 0 saturated carbocycles. The Labute approximate surface area is 177 Å². The van der Waals surface area contributed by atoms with Gasteiger partial charge in [0.2, 0.25) is 0 Å². The van der Waals surface area contributed by atoms with E-state index in [0.29, 0.717) is 0 Å². The molecule has 0 aromatic heterocycles. The largest absolute Gasteiger partial charge is 0.325 e. The molecule has 0 aliphatic heterocycles. The molecular formula is C26H38N2O. The van der Waals surface area contributed by atoms with Crippen molar-refractivity contribution in [2.24, 2.45) is 0 Å². The average molecular weight is 395 g/mol. The average Bonchev–Trinajstić information content (AvgIpc) is 2.76. The van der Waals surface area contributed by atoms with E-state index >= 15 is 0 Å². The summed E-state index contributed by atoms with van der Waals surface area (Å²) in [7, 11) is 0. The van der Waals surface area contributed by atoms with Crippen LogP contribution in [-0.4, -0.2) is 24.0 Å². The molecule has 2 rings (SSSR count). The van der Waals surface area contributed by atoms with Gasteiger partial charge in [-0.2, -0.15) is 0 Å². The molecule has 29 heavy (non-hydrogen) atoms. The summed E-state index contributed by atoms with van der Waals surface area (Å²) in [5.74, 6) is 0. The summed E-state index contributed by atoms with van der Waals surface area (Å²) in [4.78, 5) is 14.8. The van der Waals surface area contributed by atoms with Crippen molar-refractivity contribution in [3.63, 3.8) is 0 Å². The van der Waals surface area contributed by atoms with Gasteiger partial charge in [-0.1, -0.05) is 94.0 Å². The predicted molar refractivity (Wildman–Crippen MR) is 124 cm³/mol. The van der Waals surface area contributed by atoms with Crippen LogP contribution in [0.3, 0.4) is 0 Å². The molecule has 0 radical (unpaired) electrons. The van der Waals surface area contributed by atoms with E-state index in [2.05, 4.69) is 42.6 Å². The van der Waals surface area contributed by atoms with Crippen molar-refractivity contribution in [3.05, 3.63) is 66.2 Å². The van der Waals surface area contributed by atoms with Crippen molar-refractivity contribution in [2.45, 2.75) is 71.1 Å². The van der Waals surface area contributed by atoms with E-state index in [1.165, 1.54) is 44.1 Å². The van der Waals surface area contributed by atoms with E-state index in [1.54, 1.807) is 0 Å². The number of benzene rings is 2. The van der Waals surface area contributed by atoms with Gasteiger partial charge in [0.1, 0.15) is 0 Å². The number of nitrogens with zero attached hydrogens (tertiary/aromatic N) is 1. The molecule has 2 amide bonds. The number of carbonyl (C=O) groups excluding carboxylic acids is 1. The van der Waals surface area contributed by atoms with Crippen molar-refractivity contribution in [1.29, 1.82) is 0 Å². The third-order valence-electron chi connectivity index (χ3n) is 5.33. The molecule has 3 heteroatoms. The molecule has 0 atom stereocenters. The molecule has 0 heterocycles. The highest BCUT2D eigenvalue weighted by atomic mass is 16.2. The lowest BCUT2D eigenvalue weighted by Gasteiger charge is -2.23. The SMILES string of the molecule is CCCCCCCCCN(CCCCc1ccccc1)C(=O)Nc1ccccc1. The monoisotopic (exact) mass is 394 g/mol. The molecule has 1 N–H and O–H groups in total. The standard InChI is InChI=1S/C26H38N2O/c1-2-3-4-5-6-7-15-22-28(26(29)27-25-20-12-9-13-21-25)23-16-14-19-24-17-10-8-11-18-24/h8-13,17-18,20-21H,2-7,14-16,19,22-23H2,1H3,(H,27,29). The summed E-state index contributed by atoms with van der Waals surface area (Å²) in [5, 5.41) is 3.06. The second kappa shape index (κ2) is 14.7. The Hall–Kier alpha value is -2.29. The molecule has 0 aliphatic carbocycles. The number of rotatable bonds is 14. The van der Waals surface area contributed by atoms with Gasteiger partial charge in [-0.3, -0.25) is 0 Å². The normalized spacial score (nSPS) is 10.7. The summed E-state index contributed by atoms with van der Waals surface area (Å²) < 4.78 is 0. The summed E-state index contributed by atoms with van der Waals surface area (Å²) in [5.41, 5.74) is 2.24. The Morgan fingerprint density at radius 1 is 0.724 bits per heavy atom. The predicted octanol–water partition coefficient (Wildman–Crippen LogP) is 7.29. The van der Waals surface area contributed by atoms with E-state index in [4.69, 9.17) is 0 Å². The third-order valence-corrected chi connectivity index (χ3v) is 5.33. The van der Waals surface area contributed by atoms with Gasteiger partial charge >= 0.3 is 6.03 Å². The molecule has 0 spiro atoms. The van der Waals surface area contributed by atoms with E-state index in [-0.39, 0.29) is 6.03 Å². The first-order valence-electron chi connectivity index (χ1n) is 11.4. The highest BCUT2D eigenvalue weighted by Crippen LogP contribution is 2.12. The summed E-state index contributed by atoms with van der Waals surface area (Å²) >= 11 is 0. The van der Waals surface area contributed by atoms with Crippen LogP contribution >= 0.6 is 0 Å². The molecule has 2 aromatic carbocycles. The van der Waals surface area contributed by atoms with Crippen molar-refractivity contribution in [1.82, 2.24) is 4.90 Å². The Morgan fingerprint density at radius 2 is 1.28 bits per heavy atom. The van der Waals surface area contributed by atoms with Gasteiger partial charge in [-0.25, -0.2) is 4.79 Å². The highest BCUT2D eigenvalue weighted by molar-refractivity contribution is 5.89. The number of para-hydroxylation sites is 1. The van der Waals surface area contributed by atoms with Gasteiger partial charge in [-0.05, 0) is 43.4 Å². The maximum atomic E-state index is 12.8. The topological polar surface area (TPSA) is 32.3 Å². The van der Waals surface area contributed by atoms with Crippen LogP contribution in [0.15, 0.2) is 60.7 Å². The number of anilines is 1. The van der Waals surface area contributed by atoms with Crippen LogP contribution in [0, 0.1) is 0 Å². The number of urea groups is 1. The quantitative estimate of drug-likeness (QED) is 0.335. The number of hydrogen-bond acceptors (Lipinski definition) is 1. The first-order valence-corrected chi connectivity index (χ1v) is 11.4. The van der Waals surface area contributed by atoms with Crippen LogP contribution in [-0.2, 0) is 6.42 Å². The summed E-state index contributed by atoms with van der Waals surface area (Å²) in [6.45, 7) is 3.92. The van der Waals surface area contributed by atoms with Crippen molar-refractivity contribution in [2.75, 3.05) is 18.4 Å². The van der Waals surface area contributed by atoms with E-state index in [1.807, 2.05) is 35.2 Å². The van der Waals surface area contributed by atoms with E-state index in [9.17, 15) is 4.79 Å². The third kappa shape index (κ3) is 10.2. The number of hydrogen-bond donors (Lipinski definition) is 1. The number of amides is 2. The maximum absolute atomic E-state index is 12.8. The van der Waals surface area contributed by atoms with Gasteiger partial charge in [0.15, 0.2) is 0 Å². The number of carbonyl (C=O) groups is 1. The first-order chi connectivity index (χ1) is 14.3. The molecule has 0 saturated heterocycles. The lowest BCUT2D eigenvalue weighted by Crippen LogP contribution is -2.36. The second-order valence-corrected chi connectivity index (χ2v) is 7.85. The van der Waals surface area contributed by atoms with Gasteiger partial charge in [0.25, 0.3) is 0 Å². The minimum atomic E-state index is 0.0295. The van der Waals surface area contributed by atoms with Gasteiger partial charge in [0, 0.05) is 18.8 Å². The Morgan fingerprint density at radius 3 is 1.93 bits per heavy atom. The van der Waals surface area contributed by atoms with E-state index in [0.717, 1.165) is 44.5 Å². The maximum Gasteiger partial charge on any atom is 0.321 e. The molecule has 0 aliphatic rings. The number of aryl methyl sites for hydroxylation is 1. The fourth-order valence-corrected chi connectivity index (χ4v) is 3.58. The Kier molecular flexibility index (Phi) is 11.6. The molecular weight excluding hydrogens is 356 g/mol. The zero-order chi connectivity index (χ0) is 20.6. The van der Waals surface area contributed by atoms with Crippen LogP contribution in [0.1, 0.15) is 70.3 Å². The number of unbranched alkanes of at least 4 members (excludes halogenated alkanes) is 7. The van der Waals surface area contributed by atoms with Crippen molar-refractivity contribution < 1.29 is 4.79 Å². The van der Waals surface area contributed by atoms with Crippen LogP contribution < -0.4 is 5.32 Å². The van der Waals surface area contributed by atoms with Crippen LogP contribution in [0.5, 0.6) is 0 Å². The molecule has 0 unspecified atom stereocenters. The van der Waals surface area contributed by atoms with E-state index < -0.39 is 0 Å². The van der Waals surface area contributed by atoms with Gasteiger partial charge in [0.05, 0.1) is 0 Å². The summed E-state index contributed by atoms with van der Waals surface area (Å²) in [6.07, 6.45) is 12.1. The van der Waals surface area contributed by atoms with Gasteiger partial charge in [-0.15, -0.1) is 0 Å². The fraction of sp³-hybridized carbons (Fsp3) is 0.500. The Balaban J connectivity index is 1.75. The van der Waals surface area contributed by atoms with Crippen LogP contribution in [0.25, 0.3) is 0 Å². The van der Waals surface area contributed by atoms with Crippen molar-refractivity contribution >= 4 is 11.7 Å². The minimum absolute atomic E-state index is 0.0295. The zero-order valence-electron chi connectivity index (χ0n) is 18.1. The van der Waals surface area contributed by atoms with Crippen LogP contribution in [0.2, 0.25) is 0 Å². The zero-order valence-corrected chi connectivity index (χ0v) is 18.1. The minimum Gasteiger partial charge on any atom is -0.325 e.